The zero-order valence-corrected chi connectivity index (χ0v) is 12.6. The van der Waals surface area contributed by atoms with Gasteiger partial charge in [0.15, 0.2) is 0 Å². The average molecular weight is 364 g/mol. The Morgan fingerprint density at radius 3 is 2.09 bits per heavy atom. The lowest BCUT2D eigenvalue weighted by molar-refractivity contribution is -0.128. The van der Waals surface area contributed by atoms with Gasteiger partial charge in [-0.05, 0) is 12.1 Å². The second kappa shape index (κ2) is 5.38. The first-order chi connectivity index (χ1) is 10.4. The van der Waals surface area contributed by atoms with Crippen LogP contribution in [0.5, 0.6) is 0 Å². The van der Waals surface area contributed by atoms with Gasteiger partial charge in [-0.2, -0.15) is 16.8 Å². The summed E-state index contributed by atoms with van der Waals surface area (Å²) in [5, 5.41) is 1.73. The Bertz CT molecular complexity index is 913. The van der Waals surface area contributed by atoms with Crippen molar-refractivity contribution in [2.45, 2.75) is 16.2 Å². The van der Waals surface area contributed by atoms with Crippen LogP contribution in [0.4, 0.5) is 10.5 Å². The minimum absolute atomic E-state index is 0.180. The summed E-state index contributed by atoms with van der Waals surface area (Å²) in [7, 11) is -10.4. The van der Waals surface area contributed by atoms with Gasteiger partial charge in [-0.15, -0.1) is 0 Å². The minimum Gasteiger partial charge on any atom is -0.282 e. The summed E-state index contributed by atoms with van der Waals surface area (Å²) in [6, 6.07) is 1.11. The summed E-state index contributed by atoms with van der Waals surface area (Å²) in [6.07, 6.45) is -0.799. The Labute approximate surface area is 129 Å². The molecule has 2 rings (SSSR count). The maximum Gasteiger partial charge on any atom is 0.335 e. The lowest BCUT2D eigenvalue weighted by Gasteiger charge is -2.26. The Hall–Kier alpha value is -2.35. The number of imide groups is 2. The molecule has 0 aliphatic carbocycles. The maximum absolute atomic E-state index is 11.8. The minimum atomic E-state index is -5.25. The van der Waals surface area contributed by atoms with Crippen molar-refractivity contribution < 1.29 is 40.3 Å². The van der Waals surface area contributed by atoms with E-state index >= 15 is 0 Å². The quantitative estimate of drug-likeness (QED) is 0.455. The molecule has 0 saturated carbocycles. The third kappa shape index (κ3) is 3.21. The number of nitrogens with zero attached hydrogens (tertiary/aromatic N) is 1. The summed E-state index contributed by atoms with van der Waals surface area (Å²) in [4.78, 5) is 32.2. The van der Waals surface area contributed by atoms with E-state index in [4.69, 9.17) is 4.55 Å². The molecule has 11 nitrogen and oxygen atoms in total. The predicted octanol–water partition coefficient (Wildman–Crippen LogP) is -0.847. The van der Waals surface area contributed by atoms with Gasteiger partial charge < -0.3 is 0 Å². The van der Waals surface area contributed by atoms with Crippen molar-refractivity contribution in [3.63, 3.8) is 0 Å². The molecule has 1 aromatic rings. The topological polar surface area (TPSA) is 175 Å². The van der Waals surface area contributed by atoms with Gasteiger partial charge in [0, 0.05) is 0 Å². The Morgan fingerprint density at radius 1 is 1.00 bits per heavy atom. The van der Waals surface area contributed by atoms with Crippen molar-refractivity contribution in [2.24, 2.45) is 0 Å². The number of hydrogen-bond acceptors (Lipinski definition) is 7. The number of carbonyl (C=O) groups excluding carboxylic acids is 3. The van der Waals surface area contributed by atoms with Crippen LogP contribution in [0, 0.1) is 0 Å². The highest BCUT2D eigenvalue weighted by molar-refractivity contribution is 7.89. The number of urea groups is 1. The molecule has 0 bridgehead atoms. The van der Waals surface area contributed by atoms with Crippen molar-refractivity contribution in [1.82, 2.24) is 5.32 Å². The first-order valence-electron chi connectivity index (χ1n) is 5.67. The van der Waals surface area contributed by atoms with Crippen molar-refractivity contribution in [2.75, 3.05) is 4.90 Å². The number of benzene rings is 1. The fourth-order valence-electron chi connectivity index (χ4n) is 1.94. The van der Waals surface area contributed by atoms with Crippen molar-refractivity contribution in [3.05, 3.63) is 18.2 Å². The summed E-state index contributed by atoms with van der Waals surface area (Å²) < 4.78 is 63.8. The first-order valence-corrected chi connectivity index (χ1v) is 8.55. The molecule has 0 spiro atoms. The fourth-order valence-corrected chi connectivity index (χ4v) is 3.90. The molecular formula is C10H8N2O9S2. The van der Waals surface area contributed by atoms with Crippen LogP contribution in [-0.4, -0.2) is 43.8 Å². The Balaban J connectivity index is 2.81. The lowest BCUT2D eigenvalue weighted by atomic mass is 10.2. The van der Waals surface area contributed by atoms with E-state index in [-0.39, 0.29) is 4.90 Å². The third-order valence-electron chi connectivity index (χ3n) is 2.75. The van der Waals surface area contributed by atoms with Gasteiger partial charge in [-0.25, -0.2) is 9.69 Å². The molecule has 124 valence electrons. The molecule has 23 heavy (non-hydrogen) atoms. The normalized spacial score (nSPS) is 16.4. The molecule has 1 saturated heterocycles. The van der Waals surface area contributed by atoms with Crippen LogP contribution >= 0.6 is 0 Å². The number of anilines is 1. The second-order valence-electron chi connectivity index (χ2n) is 4.31. The lowest BCUT2D eigenvalue weighted by Crippen LogP contribution is -2.53. The standard InChI is InChI=1S/C10H8N2O9S2/c13-7-4-8(14)12(10(15)11-7)5-2-1-3-6(22(16,17)18)9(5)23(19,20)21/h1-3H,4H2,(H,11,13,15)(H,16,17,18)(H,19,20,21). The second-order valence-corrected chi connectivity index (χ2v) is 7.06. The summed E-state index contributed by atoms with van der Waals surface area (Å²) in [5.41, 5.74) is -0.822. The molecule has 3 N–H and O–H groups in total. The van der Waals surface area contributed by atoms with Gasteiger partial charge in [0.25, 0.3) is 20.2 Å². The first kappa shape index (κ1) is 17.0. The molecular weight excluding hydrogens is 356 g/mol. The highest BCUT2D eigenvalue weighted by Gasteiger charge is 2.37. The smallest absolute Gasteiger partial charge is 0.282 e. The van der Waals surface area contributed by atoms with Gasteiger partial charge in [-0.3, -0.25) is 24.0 Å². The number of carbonyl (C=O) groups is 3. The monoisotopic (exact) mass is 364 g/mol. The molecule has 1 aliphatic heterocycles. The van der Waals surface area contributed by atoms with Crippen LogP contribution in [0.25, 0.3) is 0 Å². The molecule has 1 heterocycles. The number of rotatable bonds is 3. The third-order valence-corrected chi connectivity index (χ3v) is 4.72. The molecule has 1 aromatic carbocycles. The molecule has 1 fully saturated rings. The van der Waals surface area contributed by atoms with Crippen molar-refractivity contribution in [3.8, 4) is 0 Å². The molecule has 0 radical (unpaired) electrons. The van der Waals surface area contributed by atoms with E-state index in [1.165, 1.54) is 0 Å². The largest absolute Gasteiger partial charge is 0.335 e. The highest BCUT2D eigenvalue weighted by atomic mass is 32.2. The van der Waals surface area contributed by atoms with Gasteiger partial charge in [0.1, 0.15) is 16.2 Å². The number of barbiturate groups is 1. The number of nitrogens with one attached hydrogen (secondary N) is 1. The molecule has 0 atom stereocenters. The molecule has 13 heteroatoms. The van der Waals surface area contributed by atoms with Gasteiger partial charge in [0.05, 0.1) is 5.69 Å². The Kier molecular flexibility index (Phi) is 3.98. The molecule has 0 unspecified atom stereocenters. The molecule has 0 aromatic heterocycles. The van der Waals surface area contributed by atoms with E-state index in [9.17, 15) is 35.8 Å². The van der Waals surface area contributed by atoms with Crippen LogP contribution < -0.4 is 10.2 Å². The number of amides is 4. The zero-order chi connectivity index (χ0) is 17.6. The maximum atomic E-state index is 11.8. The van der Waals surface area contributed by atoms with E-state index in [1.54, 1.807) is 5.32 Å². The number of hydrogen-bond donors (Lipinski definition) is 3. The van der Waals surface area contributed by atoms with Crippen LogP contribution in [0.2, 0.25) is 0 Å². The van der Waals surface area contributed by atoms with Crippen molar-refractivity contribution >= 4 is 43.8 Å². The summed E-state index contributed by atoms with van der Waals surface area (Å²) >= 11 is 0. The van der Waals surface area contributed by atoms with Crippen LogP contribution in [-0.2, 0) is 29.8 Å². The van der Waals surface area contributed by atoms with E-state index in [2.05, 4.69) is 0 Å². The van der Waals surface area contributed by atoms with Gasteiger partial charge in [-0.1, -0.05) is 6.07 Å². The van der Waals surface area contributed by atoms with Gasteiger partial charge in [0.2, 0.25) is 11.8 Å². The molecule has 4 amide bonds. The van der Waals surface area contributed by atoms with E-state index in [0.29, 0.717) is 6.07 Å². The van der Waals surface area contributed by atoms with Crippen LogP contribution in [0.15, 0.2) is 28.0 Å². The van der Waals surface area contributed by atoms with Crippen molar-refractivity contribution in [1.29, 1.82) is 0 Å². The van der Waals surface area contributed by atoms with Crippen LogP contribution in [0.3, 0.4) is 0 Å². The zero-order valence-electron chi connectivity index (χ0n) is 11.0. The van der Waals surface area contributed by atoms with E-state index < -0.39 is 60.0 Å². The predicted molar refractivity (Wildman–Crippen MR) is 71.7 cm³/mol. The van der Waals surface area contributed by atoms with E-state index in [0.717, 1.165) is 12.1 Å². The fraction of sp³-hybridized carbons (Fsp3) is 0.100. The average Bonchev–Trinajstić information content (AvgIpc) is 2.34. The SMILES string of the molecule is O=C1CC(=O)N(c2cccc(S(=O)(=O)O)c2S(=O)(=O)O)C(=O)N1. The highest BCUT2D eigenvalue weighted by Crippen LogP contribution is 2.32. The van der Waals surface area contributed by atoms with Gasteiger partial charge >= 0.3 is 6.03 Å². The van der Waals surface area contributed by atoms with E-state index in [1.807, 2.05) is 0 Å². The van der Waals surface area contributed by atoms with Crippen LogP contribution in [0.1, 0.15) is 6.42 Å². The molecule has 1 aliphatic rings. The Morgan fingerprint density at radius 2 is 1.61 bits per heavy atom. The summed E-state index contributed by atoms with van der Waals surface area (Å²) in [6.45, 7) is 0. The summed E-state index contributed by atoms with van der Waals surface area (Å²) in [5.74, 6) is -2.08.